The molecule has 1 aliphatic rings. The Balaban J connectivity index is 1.98. The minimum atomic E-state index is -1.01. The van der Waals surface area contributed by atoms with E-state index >= 15 is 0 Å². The van der Waals surface area contributed by atoms with Crippen molar-refractivity contribution in [3.05, 3.63) is 59.4 Å². The Labute approximate surface area is 116 Å². The topological polar surface area (TPSA) is 49.3 Å². The monoisotopic (exact) mass is 271 g/mol. The van der Waals surface area contributed by atoms with Gasteiger partial charge in [-0.25, -0.2) is 9.18 Å². The summed E-state index contributed by atoms with van der Waals surface area (Å²) < 4.78 is 13.3. The molecule has 0 aliphatic heterocycles. The lowest BCUT2D eigenvalue weighted by molar-refractivity contribution is 0.190. The Morgan fingerprint density at radius 2 is 2.00 bits per heavy atom. The summed E-state index contributed by atoms with van der Waals surface area (Å²) >= 11 is 0. The van der Waals surface area contributed by atoms with Crippen LogP contribution in [0.2, 0.25) is 0 Å². The van der Waals surface area contributed by atoms with Gasteiger partial charge in [-0.1, -0.05) is 24.3 Å². The third kappa shape index (κ3) is 2.37. The molecule has 0 fully saturated rings. The van der Waals surface area contributed by atoms with Crippen LogP contribution < -0.4 is 5.32 Å². The van der Waals surface area contributed by atoms with E-state index in [0.717, 1.165) is 35.1 Å². The minimum Gasteiger partial charge on any atom is -0.465 e. The van der Waals surface area contributed by atoms with Crippen LogP contribution in [0, 0.1) is 5.82 Å². The van der Waals surface area contributed by atoms with E-state index in [4.69, 9.17) is 5.11 Å². The van der Waals surface area contributed by atoms with Gasteiger partial charge in [0.2, 0.25) is 0 Å². The van der Waals surface area contributed by atoms with Gasteiger partial charge in [-0.3, -0.25) is 0 Å². The fourth-order valence-corrected chi connectivity index (χ4v) is 2.75. The second-order valence-corrected chi connectivity index (χ2v) is 4.96. The molecule has 0 saturated heterocycles. The largest absolute Gasteiger partial charge is 0.465 e. The zero-order chi connectivity index (χ0) is 14.1. The predicted octanol–water partition coefficient (Wildman–Crippen LogP) is 3.75. The molecule has 0 saturated carbocycles. The standard InChI is InChI=1S/C16H14FNO2/c17-13-3-1-2-11(8-13)12-5-4-10-6-7-15(14(10)9-12)18-16(19)20/h1-5,8-9,15,18H,6-7H2,(H,19,20). The first-order valence-corrected chi connectivity index (χ1v) is 6.52. The fraction of sp³-hybridized carbons (Fsp3) is 0.188. The van der Waals surface area contributed by atoms with Crippen LogP contribution in [0.1, 0.15) is 23.6 Å². The Morgan fingerprint density at radius 1 is 1.20 bits per heavy atom. The molecule has 102 valence electrons. The van der Waals surface area contributed by atoms with Gasteiger partial charge in [-0.15, -0.1) is 0 Å². The Hall–Kier alpha value is -2.36. The SMILES string of the molecule is O=C(O)NC1CCc2ccc(-c3cccc(F)c3)cc21. The number of hydrogen-bond donors (Lipinski definition) is 2. The van der Waals surface area contributed by atoms with Gasteiger partial charge >= 0.3 is 6.09 Å². The molecule has 2 aromatic rings. The number of amides is 1. The van der Waals surface area contributed by atoms with Crippen LogP contribution in [-0.4, -0.2) is 11.2 Å². The van der Waals surface area contributed by atoms with Gasteiger partial charge in [0.1, 0.15) is 5.82 Å². The Bertz CT molecular complexity index is 669. The van der Waals surface area contributed by atoms with Crippen LogP contribution >= 0.6 is 0 Å². The minimum absolute atomic E-state index is 0.170. The summed E-state index contributed by atoms with van der Waals surface area (Å²) in [5.41, 5.74) is 3.86. The van der Waals surface area contributed by atoms with Crippen molar-refractivity contribution >= 4 is 6.09 Å². The number of halogens is 1. The number of fused-ring (bicyclic) bond motifs is 1. The number of rotatable bonds is 2. The summed E-state index contributed by atoms with van der Waals surface area (Å²) in [6.07, 6.45) is 0.622. The van der Waals surface area contributed by atoms with Crippen LogP contribution in [0.3, 0.4) is 0 Å². The van der Waals surface area contributed by atoms with Crippen molar-refractivity contribution in [2.75, 3.05) is 0 Å². The molecule has 2 N–H and O–H groups in total. The summed E-state index contributed by atoms with van der Waals surface area (Å²) in [7, 11) is 0. The molecule has 0 spiro atoms. The van der Waals surface area contributed by atoms with Crippen molar-refractivity contribution in [2.24, 2.45) is 0 Å². The zero-order valence-electron chi connectivity index (χ0n) is 10.8. The highest BCUT2D eigenvalue weighted by Gasteiger charge is 2.24. The number of benzene rings is 2. The molecule has 0 radical (unpaired) electrons. The van der Waals surface area contributed by atoms with Crippen molar-refractivity contribution in [3.8, 4) is 11.1 Å². The maximum atomic E-state index is 13.3. The summed E-state index contributed by atoms with van der Waals surface area (Å²) in [6.45, 7) is 0. The molecule has 3 rings (SSSR count). The molecular weight excluding hydrogens is 257 g/mol. The van der Waals surface area contributed by atoms with Gasteiger partial charge in [-0.05, 0) is 53.3 Å². The highest BCUT2D eigenvalue weighted by molar-refractivity contribution is 5.68. The molecule has 4 heteroatoms. The Morgan fingerprint density at radius 3 is 2.75 bits per heavy atom. The van der Waals surface area contributed by atoms with Gasteiger partial charge in [0, 0.05) is 0 Å². The summed E-state index contributed by atoms with van der Waals surface area (Å²) in [6, 6.07) is 12.1. The molecule has 2 aromatic carbocycles. The van der Waals surface area contributed by atoms with Crippen molar-refractivity contribution in [1.29, 1.82) is 0 Å². The third-order valence-electron chi connectivity index (χ3n) is 3.68. The molecule has 1 atom stereocenters. The summed E-state index contributed by atoms with van der Waals surface area (Å²) in [5.74, 6) is -0.275. The van der Waals surface area contributed by atoms with Crippen LogP contribution in [0.5, 0.6) is 0 Å². The van der Waals surface area contributed by atoms with E-state index < -0.39 is 6.09 Å². The van der Waals surface area contributed by atoms with Crippen molar-refractivity contribution < 1.29 is 14.3 Å². The molecular formula is C16H14FNO2. The molecule has 0 heterocycles. The normalized spacial score (nSPS) is 16.8. The van der Waals surface area contributed by atoms with Crippen molar-refractivity contribution in [3.63, 3.8) is 0 Å². The quantitative estimate of drug-likeness (QED) is 0.874. The zero-order valence-corrected chi connectivity index (χ0v) is 10.8. The highest BCUT2D eigenvalue weighted by atomic mass is 19.1. The maximum absolute atomic E-state index is 13.3. The number of carboxylic acid groups (broad SMARTS) is 1. The van der Waals surface area contributed by atoms with Crippen LogP contribution in [-0.2, 0) is 6.42 Å². The lowest BCUT2D eigenvalue weighted by atomic mass is 9.99. The smallest absolute Gasteiger partial charge is 0.405 e. The molecule has 1 unspecified atom stereocenters. The molecule has 20 heavy (non-hydrogen) atoms. The predicted molar refractivity (Wildman–Crippen MR) is 74.1 cm³/mol. The molecule has 0 aromatic heterocycles. The van der Waals surface area contributed by atoms with Gasteiger partial charge in [0.25, 0.3) is 0 Å². The second-order valence-electron chi connectivity index (χ2n) is 4.96. The first kappa shape index (κ1) is 12.7. The first-order chi connectivity index (χ1) is 9.63. The summed E-state index contributed by atoms with van der Waals surface area (Å²) in [5, 5.41) is 11.4. The lowest BCUT2D eigenvalue weighted by Gasteiger charge is -2.12. The highest BCUT2D eigenvalue weighted by Crippen LogP contribution is 2.34. The number of aryl methyl sites for hydroxylation is 1. The van der Waals surface area contributed by atoms with Crippen molar-refractivity contribution in [1.82, 2.24) is 5.32 Å². The number of nitrogens with one attached hydrogen (secondary N) is 1. The van der Waals surface area contributed by atoms with Gasteiger partial charge in [0.15, 0.2) is 0 Å². The molecule has 1 amide bonds. The first-order valence-electron chi connectivity index (χ1n) is 6.52. The van der Waals surface area contributed by atoms with E-state index in [1.165, 1.54) is 12.1 Å². The van der Waals surface area contributed by atoms with Crippen LogP contribution in [0.4, 0.5) is 9.18 Å². The van der Waals surface area contributed by atoms with E-state index in [2.05, 4.69) is 5.32 Å². The maximum Gasteiger partial charge on any atom is 0.405 e. The van der Waals surface area contributed by atoms with E-state index in [0.29, 0.717) is 0 Å². The fourth-order valence-electron chi connectivity index (χ4n) is 2.75. The average molecular weight is 271 g/mol. The molecule has 0 bridgehead atoms. The third-order valence-corrected chi connectivity index (χ3v) is 3.68. The number of hydrogen-bond acceptors (Lipinski definition) is 1. The van der Waals surface area contributed by atoms with Crippen molar-refractivity contribution in [2.45, 2.75) is 18.9 Å². The number of carbonyl (C=O) groups is 1. The van der Waals surface area contributed by atoms with E-state index in [1.807, 2.05) is 24.3 Å². The van der Waals surface area contributed by atoms with E-state index in [9.17, 15) is 9.18 Å². The molecule has 3 nitrogen and oxygen atoms in total. The second kappa shape index (κ2) is 4.96. The Kier molecular flexibility index (Phi) is 3.14. The van der Waals surface area contributed by atoms with Gasteiger partial charge in [-0.2, -0.15) is 0 Å². The van der Waals surface area contributed by atoms with E-state index in [-0.39, 0.29) is 11.9 Å². The van der Waals surface area contributed by atoms with Crippen LogP contribution in [0.15, 0.2) is 42.5 Å². The average Bonchev–Trinajstić information content (AvgIpc) is 2.80. The van der Waals surface area contributed by atoms with Crippen LogP contribution in [0.25, 0.3) is 11.1 Å². The van der Waals surface area contributed by atoms with E-state index in [1.54, 1.807) is 6.07 Å². The van der Waals surface area contributed by atoms with Gasteiger partial charge in [0.05, 0.1) is 6.04 Å². The lowest BCUT2D eigenvalue weighted by Crippen LogP contribution is -2.24. The van der Waals surface area contributed by atoms with Gasteiger partial charge < -0.3 is 10.4 Å². The molecule has 1 aliphatic carbocycles. The summed E-state index contributed by atoms with van der Waals surface area (Å²) in [4.78, 5) is 10.8.